The summed E-state index contributed by atoms with van der Waals surface area (Å²) in [5, 5.41) is 0. The zero-order valence-corrected chi connectivity index (χ0v) is 10.6. The minimum atomic E-state index is 0.0224. The molecule has 0 unspecified atom stereocenters. The lowest BCUT2D eigenvalue weighted by Gasteiger charge is -2.38. The molecule has 1 aliphatic heterocycles. The molecule has 0 atom stereocenters. The first kappa shape index (κ1) is 12.3. The first-order valence-electron chi connectivity index (χ1n) is 6.84. The van der Waals surface area contributed by atoms with Gasteiger partial charge in [0, 0.05) is 31.3 Å². The van der Waals surface area contributed by atoms with Crippen molar-refractivity contribution in [2.45, 2.75) is 57.0 Å². The minimum Gasteiger partial charge on any atom is -0.381 e. The van der Waals surface area contributed by atoms with Crippen molar-refractivity contribution in [1.82, 2.24) is 4.90 Å². The Hall–Kier alpha value is -0.120. The van der Waals surface area contributed by atoms with E-state index in [4.69, 9.17) is 10.5 Å². The third-order valence-corrected chi connectivity index (χ3v) is 3.87. The summed E-state index contributed by atoms with van der Waals surface area (Å²) in [6.45, 7) is 6.28. The standard InChI is InChI=1S/C13H26N2O/c1-2-3-8-15(12-4-5-12)11-13(14)6-9-16-10-7-13/h12H,2-11,14H2,1H3. The lowest BCUT2D eigenvalue weighted by atomic mass is 9.90. The zero-order chi connectivity index (χ0) is 11.4. The van der Waals surface area contributed by atoms with E-state index in [1.165, 1.54) is 32.2 Å². The summed E-state index contributed by atoms with van der Waals surface area (Å²) in [5.41, 5.74) is 6.50. The normalized spacial score (nSPS) is 24.9. The molecule has 0 radical (unpaired) electrons. The molecule has 0 aromatic heterocycles. The maximum absolute atomic E-state index is 6.48. The Morgan fingerprint density at radius 1 is 1.31 bits per heavy atom. The van der Waals surface area contributed by atoms with Gasteiger partial charge in [-0.1, -0.05) is 13.3 Å². The largest absolute Gasteiger partial charge is 0.381 e. The van der Waals surface area contributed by atoms with E-state index in [-0.39, 0.29) is 5.54 Å². The van der Waals surface area contributed by atoms with Gasteiger partial charge < -0.3 is 10.5 Å². The highest BCUT2D eigenvalue weighted by Gasteiger charge is 2.35. The van der Waals surface area contributed by atoms with E-state index in [9.17, 15) is 0 Å². The van der Waals surface area contributed by atoms with Crippen LogP contribution in [0.25, 0.3) is 0 Å². The fourth-order valence-corrected chi connectivity index (χ4v) is 2.53. The van der Waals surface area contributed by atoms with Crippen molar-refractivity contribution < 1.29 is 4.74 Å². The second-order valence-corrected chi connectivity index (χ2v) is 5.53. The van der Waals surface area contributed by atoms with Crippen molar-refractivity contribution in [3.63, 3.8) is 0 Å². The Labute approximate surface area is 99.3 Å². The van der Waals surface area contributed by atoms with Crippen LogP contribution in [-0.4, -0.2) is 42.8 Å². The third-order valence-electron chi connectivity index (χ3n) is 3.87. The van der Waals surface area contributed by atoms with Crippen LogP contribution < -0.4 is 5.73 Å². The number of hydrogen-bond acceptors (Lipinski definition) is 3. The molecule has 2 fully saturated rings. The maximum atomic E-state index is 6.48. The van der Waals surface area contributed by atoms with Crippen LogP contribution in [0.15, 0.2) is 0 Å². The summed E-state index contributed by atoms with van der Waals surface area (Å²) in [5.74, 6) is 0. The van der Waals surface area contributed by atoms with Gasteiger partial charge >= 0.3 is 0 Å². The fourth-order valence-electron chi connectivity index (χ4n) is 2.53. The van der Waals surface area contributed by atoms with E-state index in [0.717, 1.165) is 38.6 Å². The second kappa shape index (κ2) is 5.48. The number of hydrogen-bond donors (Lipinski definition) is 1. The van der Waals surface area contributed by atoms with Crippen LogP contribution in [0, 0.1) is 0 Å². The van der Waals surface area contributed by atoms with Crippen molar-refractivity contribution in [3.05, 3.63) is 0 Å². The van der Waals surface area contributed by atoms with Gasteiger partial charge in [0.1, 0.15) is 0 Å². The van der Waals surface area contributed by atoms with Crippen molar-refractivity contribution in [2.24, 2.45) is 5.73 Å². The summed E-state index contributed by atoms with van der Waals surface area (Å²) in [6.07, 6.45) is 7.42. The molecule has 1 aliphatic carbocycles. The zero-order valence-electron chi connectivity index (χ0n) is 10.6. The predicted molar refractivity (Wildman–Crippen MR) is 66.5 cm³/mol. The fraction of sp³-hybridized carbons (Fsp3) is 1.00. The van der Waals surface area contributed by atoms with Crippen molar-refractivity contribution in [2.75, 3.05) is 26.3 Å². The van der Waals surface area contributed by atoms with E-state index in [0.29, 0.717) is 0 Å². The summed E-state index contributed by atoms with van der Waals surface area (Å²) in [7, 11) is 0. The van der Waals surface area contributed by atoms with Crippen LogP contribution in [-0.2, 0) is 4.74 Å². The van der Waals surface area contributed by atoms with Crippen molar-refractivity contribution in [3.8, 4) is 0 Å². The molecule has 16 heavy (non-hydrogen) atoms. The summed E-state index contributed by atoms with van der Waals surface area (Å²) >= 11 is 0. The average Bonchev–Trinajstić information content (AvgIpc) is 3.09. The number of unbranched alkanes of at least 4 members (excludes halogenated alkanes) is 1. The molecule has 3 heteroatoms. The topological polar surface area (TPSA) is 38.5 Å². The Morgan fingerprint density at radius 3 is 2.56 bits per heavy atom. The molecule has 0 spiro atoms. The van der Waals surface area contributed by atoms with Gasteiger partial charge in [0.15, 0.2) is 0 Å². The van der Waals surface area contributed by atoms with Crippen molar-refractivity contribution in [1.29, 1.82) is 0 Å². The van der Waals surface area contributed by atoms with Gasteiger partial charge in [-0.05, 0) is 38.6 Å². The van der Waals surface area contributed by atoms with E-state index in [1.807, 2.05) is 0 Å². The molecule has 0 amide bonds. The van der Waals surface area contributed by atoms with Gasteiger partial charge in [-0.15, -0.1) is 0 Å². The molecule has 2 aliphatic rings. The smallest absolute Gasteiger partial charge is 0.0484 e. The SMILES string of the molecule is CCCCN(CC1(N)CCOCC1)C1CC1. The molecular formula is C13H26N2O. The van der Waals surface area contributed by atoms with E-state index < -0.39 is 0 Å². The number of rotatable bonds is 6. The lowest BCUT2D eigenvalue weighted by molar-refractivity contribution is 0.0361. The van der Waals surface area contributed by atoms with Crippen LogP contribution in [0.4, 0.5) is 0 Å². The molecule has 2 N–H and O–H groups in total. The number of nitrogens with zero attached hydrogens (tertiary/aromatic N) is 1. The van der Waals surface area contributed by atoms with Gasteiger partial charge in [-0.3, -0.25) is 4.90 Å². The Kier molecular flexibility index (Phi) is 4.22. The van der Waals surface area contributed by atoms with Crippen molar-refractivity contribution >= 4 is 0 Å². The van der Waals surface area contributed by atoms with E-state index in [2.05, 4.69) is 11.8 Å². The highest BCUT2D eigenvalue weighted by Crippen LogP contribution is 2.30. The van der Waals surface area contributed by atoms with Crippen LogP contribution in [0.2, 0.25) is 0 Å². The van der Waals surface area contributed by atoms with Gasteiger partial charge in [0.05, 0.1) is 0 Å². The molecule has 1 saturated carbocycles. The van der Waals surface area contributed by atoms with Crippen LogP contribution in [0.5, 0.6) is 0 Å². The average molecular weight is 226 g/mol. The molecule has 0 aromatic rings. The molecule has 1 heterocycles. The summed E-state index contributed by atoms with van der Waals surface area (Å²) in [4.78, 5) is 2.63. The molecule has 3 nitrogen and oxygen atoms in total. The summed E-state index contributed by atoms with van der Waals surface area (Å²) in [6, 6.07) is 0.842. The molecule has 0 bridgehead atoms. The first-order chi connectivity index (χ1) is 7.73. The first-order valence-corrected chi connectivity index (χ1v) is 6.84. The number of ether oxygens (including phenoxy) is 1. The Bertz CT molecular complexity index is 210. The molecule has 0 aromatic carbocycles. The molecule has 2 rings (SSSR count). The molecule has 94 valence electrons. The second-order valence-electron chi connectivity index (χ2n) is 5.53. The molecule has 1 saturated heterocycles. The van der Waals surface area contributed by atoms with Gasteiger partial charge in [-0.25, -0.2) is 0 Å². The highest BCUT2D eigenvalue weighted by molar-refractivity contribution is 4.94. The van der Waals surface area contributed by atoms with E-state index >= 15 is 0 Å². The Morgan fingerprint density at radius 2 is 2.00 bits per heavy atom. The van der Waals surface area contributed by atoms with Gasteiger partial charge in [0.2, 0.25) is 0 Å². The lowest BCUT2D eigenvalue weighted by Crippen LogP contribution is -2.54. The van der Waals surface area contributed by atoms with Crippen LogP contribution in [0.3, 0.4) is 0 Å². The predicted octanol–water partition coefficient (Wildman–Crippen LogP) is 1.76. The number of nitrogens with two attached hydrogens (primary N) is 1. The monoisotopic (exact) mass is 226 g/mol. The quantitative estimate of drug-likeness (QED) is 0.750. The maximum Gasteiger partial charge on any atom is 0.0484 e. The minimum absolute atomic E-state index is 0.0224. The summed E-state index contributed by atoms with van der Waals surface area (Å²) < 4.78 is 5.41. The third kappa shape index (κ3) is 3.44. The van der Waals surface area contributed by atoms with Gasteiger partial charge in [0.25, 0.3) is 0 Å². The van der Waals surface area contributed by atoms with Crippen LogP contribution >= 0.6 is 0 Å². The van der Waals surface area contributed by atoms with E-state index in [1.54, 1.807) is 0 Å². The molecular weight excluding hydrogens is 200 g/mol. The Balaban J connectivity index is 1.83. The van der Waals surface area contributed by atoms with Crippen LogP contribution in [0.1, 0.15) is 45.4 Å². The highest BCUT2D eigenvalue weighted by atomic mass is 16.5. The van der Waals surface area contributed by atoms with Gasteiger partial charge in [-0.2, -0.15) is 0 Å².